The molecule has 0 radical (unpaired) electrons. The zero-order chi connectivity index (χ0) is 14.1. The Balaban J connectivity index is 2.24. The Labute approximate surface area is 114 Å². The van der Waals surface area contributed by atoms with E-state index in [9.17, 15) is 14.5 Å². The van der Waals surface area contributed by atoms with Crippen molar-refractivity contribution in [3.63, 3.8) is 0 Å². The molecule has 4 heteroatoms. The second-order valence-electron chi connectivity index (χ2n) is 4.48. The number of hydrogen-bond acceptors (Lipinski definition) is 2. The van der Waals surface area contributed by atoms with Gasteiger partial charge in [-0.25, -0.2) is 4.39 Å². The van der Waals surface area contributed by atoms with E-state index in [4.69, 9.17) is 0 Å². The van der Waals surface area contributed by atoms with Crippen LogP contribution >= 0.6 is 0 Å². The van der Waals surface area contributed by atoms with E-state index in [-0.39, 0.29) is 5.69 Å². The molecule has 0 aromatic heterocycles. The van der Waals surface area contributed by atoms with Crippen molar-refractivity contribution in [3.8, 4) is 11.1 Å². The van der Waals surface area contributed by atoms with Crippen molar-refractivity contribution in [1.82, 2.24) is 0 Å². The molecule has 20 heavy (non-hydrogen) atoms. The molecule has 0 heterocycles. The largest absolute Gasteiger partial charge is 0.277 e. The quantitative estimate of drug-likeness (QED) is 0.504. The van der Waals surface area contributed by atoms with Gasteiger partial charge >= 0.3 is 0 Å². The van der Waals surface area contributed by atoms with Crippen LogP contribution in [0.1, 0.15) is 0 Å². The molecule has 0 fully saturated rings. The molecule has 98 valence electrons. The molecule has 0 aliphatic heterocycles. The fourth-order valence-electron chi connectivity index (χ4n) is 2.26. The van der Waals surface area contributed by atoms with Gasteiger partial charge in [0.05, 0.1) is 10.5 Å². The van der Waals surface area contributed by atoms with Gasteiger partial charge in [-0.3, -0.25) is 10.1 Å². The third kappa shape index (κ3) is 2.12. The normalized spacial score (nSPS) is 10.7. The van der Waals surface area contributed by atoms with Crippen molar-refractivity contribution < 1.29 is 9.31 Å². The summed E-state index contributed by atoms with van der Waals surface area (Å²) in [5.74, 6) is -0.487. The third-order valence-electron chi connectivity index (χ3n) is 3.22. The minimum absolute atomic E-state index is 0.0957. The number of nitro groups is 1. The molecular weight excluding hydrogens is 257 g/mol. The Morgan fingerprint density at radius 1 is 0.900 bits per heavy atom. The van der Waals surface area contributed by atoms with Crippen LogP contribution in [0.2, 0.25) is 0 Å². The maximum atomic E-state index is 13.4. The SMILES string of the molecule is O=[N+]([O-])c1ccc(F)cc1-c1ccc2ccccc2c1. The predicted molar refractivity (Wildman–Crippen MR) is 76.0 cm³/mol. The number of nitro benzene ring substituents is 1. The Morgan fingerprint density at radius 2 is 1.65 bits per heavy atom. The first-order valence-electron chi connectivity index (χ1n) is 6.08. The summed E-state index contributed by atoms with van der Waals surface area (Å²) in [5, 5.41) is 13.1. The van der Waals surface area contributed by atoms with Gasteiger partial charge < -0.3 is 0 Å². The van der Waals surface area contributed by atoms with Crippen LogP contribution in [0, 0.1) is 15.9 Å². The molecule has 0 bridgehead atoms. The van der Waals surface area contributed by atoms with E-state index >= 15 is 0 Å². The van der Waals surface area contributed by atoms with E-state index in [1.807, 2.05) is 36.4 Å². The highest BCUT2D eigenvalue weighted by Gasteiger charge is 2.16. The summed E-state index contributed by atoms with van der Waals surface area (Å²) < 4.78 is 13.4. The van der Waals surface area contributed by atoms with Gasteiger partial charge in [0.25, 0.3) is 5.69 Å². The maximum absolute atomic E-state index is 13.4. The van der Waals surface area contributed by atoms with Crippen LogP contribution in [0.3, 0.4) is 0 Å². The number of hydrogen-bond donors (Lipinski definition) is 0. The summed E-state index contributed by atoms with van der Waals surface area (Å²) in [6.07, 6.45) is 0. The number of nitrogens with zero attached hydrogens (tertiary/aromatic N) is 1. The van der Waals surface area contributed by atoms with Crippen LogP contribution in [0.25, 0.3) is 21.9 Å². The summed E-state index contributed by atoms with van der Waals surface area (Å²) in [5.41, 5.74) is 0.831. The Morgan fingerprint density at radius 3 is 2.40 bits per heavy atom. The van der Waals surface area contributed by atoms with Gasteiger partial charge in [-0.1, -0.05) is 36.4 Å². The molecule has 0 amide bonds. The molecule has 0 saturated heterocycles. The maximum Gasteiger partial charge on any atom is 0.277 e. The van der Waals surface area contributed by atoms with E-state index in [1.165, 1.54) is 12.1 Å². The lowest BCUT2D eigenvalue weighted by molar-refractivity contribution is -0.384. The first kappa shape index (κ1) is 12.3. The lowest BCUT2D eigenvalue weighted by Gasteiger charge is -2.05. The zero-order valence-electron chi connectivity index (χ0n) is 10.4. The van der Waals surface area contributed by atoms with Crippen molar-refractivity contribution in [1.29, 1.82) is 0 Å². The molecule has 0 spiro atoms. The van der Waals surface area contributed by atoms with Crippen molar-refractivity contribution in [2.45, 2.75) is 0 Å². The molecule has 0 N–H and O–H groups in total. The summed E-state index contributed by atoms with van der Waals surface area (Å²) in [6.45, 7) is 0. The van der Waals surface area contributed by atoms with Gasteiger partial charge in [-0.2, -0.15) is 0 Å². The Bertz CT molecular complexity index is 814. The van der Waals surface area contributed by atoms with Gasteiger partial charge in [0.1, 0.15) is 5.82 Å². The van der Waals surface area contributed by atoms with E-state index in [0.717, 1.165) is 16.8 Å². The third-order valence-corrected chi connectivity index (χ3v) is 3.22. The molecule has 3 aromatic carbocycles. The first-order valence-corrected chi connectivity index (χ1v) is 6.08. The van der Waals surface area contributed by atoms with Crippen LogP contribution in [0.4, 0.5) is 10.1 Å². The van der Waals surface area contributed by atoms with Gasteiger partial charge in [-0.15, -0.1) is 0 Å². The highest BCUT2D eigenvalue weighted by atomic mass is 19.1. The van der Waals surface area contributed by atoms with Crippen molar-refractivity contribution in [3.05, 3.63) is 76.6 Å². The number of halogens is 1. The minimum Gasteiger partial charge on any atom is -0.258 e. The molecule has 0 aliphatic carbocycles. The fourth-order valence-corrected chi connectivity index (χ4v) is 2.26. The molecule has 0 atom stereocenters. The predicted octanol–water partition coefficient (Wildman–Crippen LogP) is 4.55. The average molecular weight is 267 g/mol. The topological polar surface area (TPSA) is 43.1 Å². The zero-order valence-corrected chi connectivity index (χ0v) is 10.4. The standard InChI is InChI=1S/C16H10FNO2/c17-14-7-8-16(18(19)20)15(10-14)13-6-5-11-3-1-2-4-12(11)9-13/h1-10H. The lowest BCUT2D eigenvalue weighted by atomic mass is 10.00. The second kappa shape index (κ2) is 4.74. The number of fused-ring (bicyclic) bond motifs is 1. The lowest BCUT2D eigenvalue weighted by Crippen LogP contribution is -1.93. The Hall–Kier alpha value is -2.75. The molecule has 0 aliphatic rings. The summed E-state index contributed by atoms with van der Waals surface area (Å²) in [6, 6.07) is 16.7. The number of rotatable bonds is 2. The van der Waals surface area contributed by atoms with E-state index in [0.29, 0.717) is 11.1 Å². The van der Waals surface area contributed by atoms with Crippen LogP contribution < -0.4 is 0 Å². The summed E-state index contributed by atoms with van der Waals surface area (Å²) >= 11 is 0. The minimum atomic E-state index is -0.496. The highest BCUT2D eigenvalue weighted by molar-refractivity contribution is 5.88. The molecule has 3 aromatic rings. The van der Waals surface area contributed by atoms with E-state index in [2.05, 4.69) is 0 Å². The van der Waals surface area contributed by atoms with Gasteiger partial charge in [-0.05, 0) is 34.5 Å². The number of benzene rings is 3. The summed E-state index contributed by atoms with van der Waals surface area (Å²) in [7, 11) is 0. The molecule has 0 saturated carbocycles. The Kier molecular flexibility index (Phi) is 2.91. The van der Waals surface area contributed by atoms with Gasteiger partial charge in [0, 0.05) is 6.07 Å². The summed E-state index contributed by atoms with van der Waals surface area (Å²) in [4.78, 5) is 10.6. The van der Waals surface area contributed by atoms with Crippen molar-refractivity contribution >= 4 is 16.5 Å². The van der Waals surface area contributed by atoms with Crippen molar-refractivity contribution in [2.24, 2.45) is 0 Å². The smallest absolute Gasteiger partial charge is 0.258 e. The highest BCUT2D eigenvalue weighted by Crippen LogP contribution is 2.32. The molecule has 3 rings (SSSR count). The van der Waals surface area contributed by atoms with E-state index < -0.39 is 10.7 Å². The van der Waals surface area contributed by atoms with Crippen LogP contribution in [-0.2, 0) is 0 Å². The monoisotopic (exact) mass is 267 g/mol. The average Bonchev–Trinajstić information content (AvgIpc) is 2.46. The van der Waals surface area contributed by atoms with Crippen LogP contribution in [0.5, 0.6) is 0 Å². The first-order chi connectivity index (χ1) is 9.65. The fraction of sp³-hybridized carbons (Fsp3) is 0. The van der Waals surface area contributed by atoms with Crippen LogP contribution in [0.15, 0.2) is 60.7 Å². The van der Waals surface area contributed by atoms with E-state index in [1.54, 1.807) is 6.07 Å². The molecular formula is C16H10FNO2. The van der Waals surface area contributed by atoms with Crippen molar-refractivity contribution in [2.75, 3.05) is 0 Å². The van der Waals surface area contributed by atoms with Gasteiger partial charge in [0.15, 0.2) is 0 Å². The second-order valence-corrected chi connectivity index (χ2v) is 4.48. The molecule has 0 unspecified atom stereocenters. The van der Waals surface area contributed by atoms with Gasteiger partial charge in [0.2, 0.25) is 0 Å². The van der Waals surface area contributed by atoms with Crippen LogP contribution in [-0.4, -0.2) is 4.92 Å². The molecule has 3 nitrogen and oxygen atoms in total.